The Bertz CT molecular complexity index is 1620. The standard InChI is InChI=1S/C28H20FN3O4S/c1-36-27(35)18-8-6-7-17(13-18)15-31-16-19(20-9-2-4-11-23(20)31)14-21-25(33)30-28(37)32(26(21)34)24-12-5-3-10-22(24)29/h2-14,16H,15H2,1H3,(H,30,33,37)/b21-14+. The van der Waals surface area contributed by atoms with Gasteiger partial charge in [-0.25, -0.2) is 14.1 Å². The van der Waals surface area contributed by atoms with Crippen molar-refractivity contribution in [1.82, 2.24) is 9.88 Å². The van der Waals surface area contributed by atoms with Crippen LogP contribution in [0.25, 0.3) is 17.0 Å². The van der Waals surface area contributed by atoms with Gasteiger partial charge in [-0.3, -0.25) is 14.9 Å². The maximum Gasteiger partial charge on any atom is 0.337 e. The van der Waals surface area contributed by atoms with E-state index in [-0.39, 0.29) is 16.4 Å². The zero-order valence-corrected chi connectivity index (χ0v) is 20.4. The molecule has 0 aliphatic carbocycles. The maximum atomic E-state index is 14.5. The van der Waals surface area contributed by atoms with E-state index in [0.29, 0.717) is 17.7 Å². The van der Waals surface area contributed by atoms with Crippen LogP contribution in [0.1, 0.15) is 21.5 Å². The number of benzene rings is 3. The molecule has 0 unspecified atom stereocenters. The predicted molar refractivity (Wildman–Crippen MR) is 141 cm³/mol. The Kier molecular flexibility index (Phi) is 6.37. The third-order valence-corrected chi connectivity index (χ3v) is 6.30. The number of amides is 2. The average molecular weight is 514 g/mol. The van der Waals surface area contributed by atoms with Gasteiger partial charge in [0.25, 0.3) is 11.8 Å². The van der Waals surface area contributed by atoms with Gasteiger partial charge in [-0.2, -0.15) is 0 Å². The van der Waals surface area contributed by atoms with E-state index in [1.54, 1.807) is 24.3 Å². The number of halogens is 1. The Hall–Kier alpha value is -4.63. The molecule has 7 nitrogen and oxygen atoms in total. The molecule has 0 spiro atoms. The van der Waals surface area contributed by atoms with Gasteiger partial charge in [0.15, 0.2) is 5.11 Å². The summed E-state index contributed by atoms with van der Waals surface area (Å²) in [7, 11) is 1.33. The molecule has 2 amide bonds. The second-order valence-electron chi connectivity index (χ2n) is 8.33. The van der Waals surface area contributed by atoms with E-state index in [2.05, 4.69) is 5.32 Å². The fourth-order valence-corrected chi connectivity index (χ4v) is 4.57. The zero-order chi connectivity index (χ0) is 26.1. The quantitative estimate of drug-likeness (QED) is 0.185. The van der Waals surface area contributed by atoms with Crippen LogP contribution in [-0.4, -0.2) is 34.6 Å². The van der Waals surface area contributed by atoms with Gasteiger partial charge in [0.1, 0.15) is 11.4 Å². The summed E-state index contributed by atoms with van der Waals surface area (Å²) < 4.78 is 21.3. The molecular formula is C28H20FN3O4S. The zero-order valence-electron chi connectivity index (χ0n) is 19.6. The van der Waals surface area contributed by atoms with Crippen LogP contribution in [0.15, 0.2) is 84.6 Å². The van der Waals surface area contributed by atoms with Gasteiger partial charge in [0, 0.05) is 29.2 Å². The van der Waals surface area contributed by atoms with Crippen LogP contribution >= 0.6 is 12.2 Å². The topological polar surface area (TPSA) is 80.6 Å². The molecule has 2 heterocycles. The van der Waals surface area contributed by atoms with E-state index >= 15 is 0 Å². The number of aromatic nitrogens is 1. The number of carbonyl (C=O) groups is 3. The number of nitrogens with one attached hydrogen (secondary N) is 1. The monoisotopic (exact) mass is 513 g/mol. The SMILES string of the molecule is COC(=O)c1cccc(Cn2cc(/C=C3\C(=O)NC(=S)N(c4ccccc4F)C3=O)c3ccccc32)c1. The predicted octanol–water partition coefficient (Wildman–Crippen LogP) is 4.45. The fourth-order valence-electron chi connectivity index (χ4n) is 4.30. The summed E-state index contributed by atoms with van der Waals surface area (Å²) in [6.07, 6.45) is 3.31. The number of esters is 1. The lowest BCUT2D eigenvalue weighted by Crippen LogP contribution is -2.54. The van der Waals surface area contributed by atoms with Crippen LogP contribution in [0, 0.1) is 5.82 Å². The molecule has 1 aliphatic rings. The highest BCUT2D eigenvalue weighted by molar-refractivity contribution is 7.80. The lowest BCUT2D eigenvalue weighted by atomic mass is 10.1. The number of thiocarbonyl (C=S) groups is 1. The lowest BCUT2D eigenvalue weighted by molar-refractivity contribution is -0.122. The van der Waals surface area contributed by atoms with Crippen molar-refractivity contribution in [3.05, 3.63) is 107 Å². The summed E-state index contributed by atoms with van der Waals surface area (Å²) in [4.78, 5) is 39.1. The Balaban J connectivity index is 1.55. The van der Waals surface area contributed by atoms with E-state index in [9.17, 15) is 18.8 Å². The molecule has 1 aliphatic heterocycles. The number of fused-ring (bicyclic) bond motifs is 1. The van der Waals surface area contributed by atoms with Crippen molar-refractivity contribution in [2.45, 2.75) is 6.54 Å². The van der Waals surface area contributed by atoms with Crippen molar-refractivity contribution in [2.75, 3.05) is 12.0 Å². The fraction of sp³-hybridized carbons (Fsp3) is 0.0714. The van der Waals surface area contributed by atoms with Gasteiger partial charge in [-0.1, -0.05) is 42.5 Å². The molecule has 5 rings (SSSR count). The molecule has 0 saturated carbocycles. The van der Waals surface area contributed by atoms with Crippen LogP contribution in [0.5, 0.6) is 0 Å². The van der Waals surface area contributed by atoms with Gasteiger partial charge in [-0.15, -0.1) is 0 Å². The average Bonchev–Trinajstić information content (AvgIpc) is 3.24. The molecule has 4 aromatic rings. The van der Waals surface area contributed by atoms with Crippen molar-refractivity contribution in [2.24, 2.45) is 0 Å². The normalized spacial score (nSPS) is 14.8. The van der Waals surface area contributed by atoms with Crippen molar-refractivity contribution >= 4 is 57.8 Å². The Morgan fingerprint density at radius 3 is 2.59 bits per heavy atom. The van der Waals surface area contributed by atoms with Crippen molar-refractivity contribution in [3.8, 4) is 0 Å². The smallest absolute Gasteiger partial charge is 0.337 e. The summed E-state index contributed by atoms with van der Waals surface area (Å²) in [5.74, 6) is -2.45. The van der Waals surface area contributed by atoms with Crippen molar-refractivity contribution < 1.29 is 23.5 Å². The highest BCUT2D eigenvalue weighted by atomic mass is 32.1. The molecule has 184 valence electrons. The molecule has 9 heteroatoms. The van der Waals surface area contributed by atoms with Crippen molar-refractivity contribution in [1.29, 1.82) is 0 Å². The molecule has 1 aromatic heterocycles. The number of para-hydroxylation sites is 2. The summed E-state index contributed by atoms with van der Waals surface area (Å²) in [5.41, 5.74) is 2.57. The number of methoxy groups -OCH3 is 1. The highest BCUT2D eigenvalue weighted by Gasteiger charge is 2.35. The molecule has 1 N–H and O–H groups in total. The molecular weight excluding hydrogens is 493 g/mol. The molecule has 1 saturated heterocycles. The van der Waals surface area contributed by atoms with Crippen LogP contribution in [0.4, 0.5) is 10.1 Å². The first kappa shape index (κ1) is 24.1. The van der Waals surface area contributed by atoms with E-state index in [1.165, 1.54) is 31.4 Å². The van der Waals surface area contributed by atoms with Gasteiger partial charge in [0.2, 0.25) is 0 Å². The van der Waals surface area contributed by atoms with Crippen molar-refractivity contribution in [3.63, 3.8) is 0 Å². The third-order valence-electron chi connectivity index (χ3n) is 6.02. The number of carbonyl (C=O) groups excluding carboxylic acids is 3. The van der Waals surface area contributed by atoms with Gasteiger partial charge in [-0.05, 0) is 54.2 Å². The number of hydrogen-bond donors (Lipinski definition) is 1. The van der Waals surface area contributed by atoms with Gasteiger partial charge < -0.3 is 9.30 Å². The highest BCUT2D eigenvalue weighted by Crippen LogP contribution is 2.28. The number of hydrogen-bond acceptors (Lipinski definition) is 5. The van der Waals surface area contributed by atoms with Crippen LogP contribution < -0.4 is 10.2 Å². The van der Waals surface area contributed by atoms with Gasteiger partial charge in [0.05, 0.1) is 18.4 Å². The minimum Gasteiger partial charge on any atom is -0.465 e. The summed E-state index contributed by atoms with van der Waals surface area (Å²) in [6, 6.07) is 20.4. The molecule has 0 radical (unpaired) electrons. The minimum absolute atomic E-state index is 0.0451. The van der Waals surface area contributed by atoms with E-state index < -0.39 is 23.6 Å². The van der Waals surface area contributed by atoms with E-state index in [1.807, 2.05) is 41.1 Å². The molecule has 0 atom stereocenters. The Labute approximate surface area is 216 Å². The second-order valence-corrected chi connectivity index (χ2v) is 8.72. The summed E-state index contributed by atoms with van der Waals surface area (Å²) in [6.45, 7) is 0.431. The molecule has 0 bridgehead atoms. The number of nitrogens with zero attached hydrogens (tertiary/aromatic N) is 2. The van der Waals surface area contributed by atoms with Crippen LogP contribution in [0.2, 0.25) is 0 Å². The molecule has 1 fully saturated rings. The molecule has 3 aromatic carbocycles. The number of anilines is 1. The third kappa shape index (κ3) is 4.52. The second kappa shape index (κ2) is 9.79. The number of rotatable bonds is 5. The molecule has 37 heavy (non-hydrogen) atoms. The van der Waals surface area contributed by atoms with Crippen LogP contribution in [0.3, 0.4) is 0 Å². The van der Waals surface area contributed by atoms with Gasteiger partial charge >= 0.3 is 5.97 Å². The van der Waals surface area contributed by atoms with E-state index in [4.69, 9.17) is 17.0 Å². The summed E-state index contributed by atoms with van der Waals surface area (Å²) in [5, 5.41) is 3.11. The maximum absolute atomic E-state index is 14.5. The van der Waals surface area contributed by atoms with Crippen LogP contribution in [-0.2, 0) is 20.9 Å². The Morgan fingerprint density at radius 1 is 1.05 bits per heavy atom. The largest absolute Gasteiger partial charge is 0.465 e. The lowest BCUT2D eigenvalue weighted by Gasteiger charge is -2.29. The first-order valence-electron chi connectivity index (χ1n) is 11.3. The first-order valence-corrected chi connectivity index (χ1v) is 11.7. The minimum atomic E-state index is -0.721. The summed E-state index contributed by atoms with van der Waals surface area (Å²) >= 11 is 5.17. The van der Waals surface area contributed by atoms with E-state index in [0.717, 1.165) is 21.4 Å². The number of ether oxygens (including phenoxy) is 1. The Morgan fingerprint density at radius 2 is 1.81 bits per heavy atom. The first-order chi connectivity index (χ1) is 17.9.